The molecule has 1 heterocycles. The van der Waals surface area contributed by atoms with E-state index in [2.05, 4.69) is 13.8 Å². The molecule has 0 aliphatic carbocycles. The molecule has 1 N–H and O–H groups in total. The van der Waals surface area contributed by atoms with Crippen molar-refractivity contribution in [3.05, 3.63) is 0 Å². The summed E-state index contributed by atoms with van der Waals surface area (Å²) in [7, 11) is 0. The van der Waals surface area contributed by atoms with Crippen molar-refractivity contribution in [1.82, 2.24) is 0 Å². The van der Waals surface area contributed by atoms with Crippen molar-refractivity contribution in [3.8, 4) is 0 Å². The molecule has 0 radical (unpaired) electrons. The van der Waals surface area contributed by atoms with E-state index in [1.54, 1.807) is 0 Å². The first-order valence-electron chi connectivity index (χ1n) is 2.92. The summed E-state index contributed by atoms with van der Waals surface area (Å²) < 4.78 is 0.333. The van der Waals surface area contributed by atoms with Crippen molar-refractivity contribution < 1.29 is 5.11 Å². The first-order valence-corrected chi connectivity index (χ1v) is 3.91. The molecule has 0 bridgehead atoms. The van der Waals surface area contributed by atoms with Crippen molar-refractivity contribution in [2.24, 2.45) is 0 Å². The molecular formula is C6H12OS. The normalized spacial score (nSPS) is 35.6. The van der Waals surface area contributed by atoms with Gasteiger partial charge in [0.1, 0.15) is 0 Å². The number of aliphatic hydroxyl groups is 1. The molecule has 48 valence electrons. The lowest BCUT2D eigenvalue weighted by atomic mass is 10.1. The number of hydrogen-bond donors (Lipinski definition) is 1. The predicted molar refractivity (Wildman–Crippen MR) is 37.2 cm³/mol. The van der Waals surface area contributed by atoms with Gasteiger partial charge >= 0.3 is 0 Å². The van der Waals surface area contributed by atoms with Crippen LogP contribution in [-0.4, -0.2) is 21.7 Å². The van der Waals surface area contributed by atoms with E-state index in [0.717, 1.165) is 12.2 Å². The quantitative estimate of drug-likeness (QED) is 0.535. The molecule has 0 amide bonds. The fourth-order valence-corrected chi connectivity index (χ4v) is 2.08. The minimum absolute atomic E-state index is 0.0463. The standard InChI is InChI=1S/C6H12OS/c1-6(2)3-5(7)4-8-6/h5,7H,3-4H2,1-2H3. The molecule has 1 rings (SSSR count). The molecule has 1 atom stereocenters. The fraction of sp³-hybridized carbons (Fsp3) is 1.00. The van der Waals surface area contributed by atoms with Crippen LogP contribution in [0.25, 0.3) is 0 Å². The SMILES string of the molecule is CC1(C)CC(O)CS1. The van der Waals surface area contributed by atoms with Gasteiger partial charge in [-0.25, -0.2) is 0 Å². The highest BCUT2D eigenvalue weighted by molar-refractivity contribution is 8.00. The highest BCUT2D eigenvalue weighted by atomic mass is 32.2. The number of hydrogen-bond acceptors (Lipinski definition) is 2. The molecule has 0 aromatic heterocycles. The Hall–Kier alpha value is 0.310. The second kappa shape index (κ2) is 1.92. The van der Waals surface area contributed by atoms with E-state index in [-0.39, 0.29) is 6.10 Å². The second-order valence-electron chi connectivity index (χ2n) is 2.93. The van der Waals surface area contributed by atoms with Crippen molar-refractivity contribution in [1.29, 1.82) is 0 Å². The van der Waals surface area contributed by atoms with Crippen LogP contribution in [0.3, 0.4) is 0 Å². The van der Waals surface area contributed by atoms with E-state index >= 15 is 0 Å². The molecule has 1 nitrogen and oxygen atoms in total. The third kappa shape index (κ3) is 1.39. The molecule has 0 saturated carbocycles. The van der Waals surface area contributed by atoms with Crippen molar-refractivity contribution in [3.63, 3.8) is 0 Å². The topological polar surface area (TPSA) is 20.2 Å². The summed E-state index contributed by atoms with van der Waals surface area (Å²) in [6.07, 6.45) is 0.910. The minimum atomic E-state index is -0.0463. The Bertz CT molecular complexity index is 90.5. The van der Waals surface area contributed by atoms with Gasteiger partial charge in [-0.05, 0) is 6.42 Å². The van der Waals surface area contributed by atoms with Crippen molar-refractivity contribution in [2.75, 3.05) is 5.75 Å². The third-order valence-corrected chi connectivity index (χ3v) is 2.89. The smallest absolute Gasteiger partial charge is 0.0643 e. The first kappa shape index (κ1) is 6.43. The number of thioether (sulfide) groups is 1. The van der Waals surface area contributed by atoms with Gasteiger partial charge in [-0.15, -0.1) is 0 Å². The zero-order chi connectivity index (χ0) is 6.20. The first-order chi connectivity index (χ1) is 3.60. The van der Waals surface area contributed by atoms with Crippen LogP contribution in [0.1, 0.15) is 20.3 Å². The lowest BCUT2D eigenvalue weighted by Crippen LogP contribution is -2.12. The van der Waals surface area contributed by atoms with Gasteiger partial charge in [0, 0.05) is 10.5 Å². The van der Waals surface area contributed by atoms with Crippen LogP contribution in [0.15, 0.2) is 0 Å². The summed E-state index contributed by atoms with van der Waals surface area (Å²) in [6.45, 7) is 4.35. The van der Waals surface area contributed by atoms with Gasteiger partial charge in [-0.2, -0.15) is 11.8 Å². The van der Waals surface area contributed by atoms with Gasteiger partial charge in [0.05, 0.1) is 6.10 Å². The highest BCUT2D eigenvalue weighted by Crippen LogP contribution is 2.36. The van der Waals surface area contributed by atoms with Crippen molar-refractivity contribution >= 4 is 11.8 Å². The zero-order valence-corrected chi connectivity index (χ0v) is 6.16. The highest BCUT2D eigenvalue weighted by Gasteiger charge is 2.29. The van der Waals surface area contributed by atoms with Crippen LogP contribution < -0.4 is 0 Å². The summed E-state index contributed by atoms with van der Waals surface area (Å²) in [5.41, 5.74) is 0. The van der Waals surface area contributed by atoms with Crippen LogP contribution in [0.4, 0.5) is 0 Å². The molecule has 0 aromatic carbocycles. The number of rotatable bonds is 0. The molecule has 1 fully saturated rings. The lowest BCUT2D eigenvalue weighted by molar-refractivity contribution is 0.189. The molecule has 0 aromatic rings. The van der Waals surface area contributed by atoms with Gasteiger partial charge in [-0.3, -0.25) is 0 Å². The monoisotopic (exact) mass is 132 g/mol. The van der Waals surface area contributed by atoms with Crippen LogP contribution in [0, 0.1) is 0 Å². The third-order valence-electron chi connectivity index (χ3n) is 1.39. The average Bonchev–Trinajstić information content (AvgIpc) is 1.82. The molecule has 1 unspecified atom stereocenters. The summed E-state index contributed by atoms with van der Waals surface area (Å²) in [5.74, 6) is 0.924. The molecule has 1 aliphatic heterocycles. The van der Waals surface area contributed by atoms with E-state index in [4.69, 9.17) is 5.11 Å². The molecule has 8 heavy (non-hydrogen) atoms. The zero-order valence-electron chi connectivity index (χ0n) is 5.35. The number of aliphatic hydroxyl groups excluding tert-OH is 1. The van der Waals surface area contributed by atoms with Gasteiger partial charge in [0.25, 0.3) is 0 Å². The van der Waals surface area contributed by atoms with Crippen LogP contribution in [-0.2, 0) is 0 Å². The molecular weight excluding hydrogens is 120 g/mol. The predicted octanol–water partition coefficient (Wildman–Crippen LogP) is 1.26. The summed E-state index contributed by atoms with van der Waals surface area (Å²) in [6, 6.07) is 0. The summed E-state index contributed by atoms with van der Waals surface area (Å²) in [5, 5.41) is 9.04. The van der Waals surface area contributed by atoms with Crippen molar-refractivity contribution in [2.45, 2.75) is 31.1 Å². The van der Waals surface area contributed by atoms with Crippen LogP contribution >= 0.6 is 11.8 Å². The Morgan fingerprint density at radius 2 is 2.25 bits per heavy atom. The maximum atomic E-state index is 9.04. The van der Waals surface area contributed by atoms with Crippen LogP contribution in [0.5, 0.6) is 0 Å². The van der Waals surface area contributed by atoms with E-state index < -0.39 is 0 Å². The fourth-order valence-electron chi connectivity index (χ4n) is 1.01. The van der Waals surface area contributed by atoms with E-state index in [9.17, 15) is 0 Å². The van der Waals surface area contributed by atoms with Gasteiger partial charge in [-0.1, -0.05) is 13.8 Å². The van der Waals surface area contributed by atoms with E-state index in [0.29, 0.717) is 4.75 Å². The Morgan fingerprint density at radius 3 is 2.38 bits per heavy atom. The Labute approximate surface area is 54.5 Å². The largest absolute Gasteiger partial charge is 0.392 e. The maximum absolute atomic E-state index is 9.04. The summed E-state index contributed by atoms with van der Waals surface area (Å²) in [4.78, 5) is 0. The van der Waals surface area contributed by atoms with Crippen LogP contribution in [0.2, 0.25) is 0 Å². The van der Waals surface area contributed by atoms with Gasteiger partial charge < -0.3 is 5.11 Å². The molecule has 1 saturated heterocycles. The maximum Gasteiger partial charge on any atom is 0.0643 e. The molecule has 2 heteroatoms. The lowest BCUT2D eigenvalue weighted by Gasteiger charge is -2.13. The Morgan fingerprint density at radius 1 is 1.62 bits per heavy atom. The van der Waals surface area contributed by atoms with E-state index in [1.807, 2.05) is 11.8 Å². The Balaban J connectivity index is 2.44. The second-order valence-corrected chi connectivity index (χ2v) is 4.66. The molecule has 0 spiro atoms. The summed E-state index contributed by atoms with van der Waals surface area (Å²) >= 11 is 1.86. The minimum Gasteiger partial charge on any atom is -0.392 e. The molecule has 1 aliphatic rings. The average molecular weight is 132 g/mol. The Kier molecular flexibility index (Phi) is 1.54. The van der Waals surface area contributed by atoms with Gasteiger partial charge in [0.15, 0.2) is 0 Å². The van der Waals surface area contributed by atoms with Gasteiger partial charge in [0.2, 0.25) is 0 Å². The van der Waals surface area contributed by atoms with E-state index in [1.165, 1.54) is 0 Å².